The number of anilines is 1. The normalized spacial score (nSPS) is 24.6. The Balaban J connectivity index is 1.79. The molecule has 10 nitrogen and oxygen atoms in total. The minimum Gasteiger partial charge on any atom is -0.369 e. The molecule has 0 aromatic carbocycles. The van der Waals surface area contributed by atoms with Crippen LogP contribution in [0.4, 0.5) is 5.95 Å². The Morgan fingerprint density at radius 2 is 2.36 bits per heavy atom. The fourth-order valence-electron chi connectivity index (χ4n) is 2.36. The molecule has 120 valence electrons. The van der Waals surface area contributed by atoms with E-state index in [4.69, 9.17) is 20.5 Å². The van der Waals surface area contributed by atoms with Crippen molar-refractivity contribution >= 4 is 36.1 Å². The van der Waals surface area contributed by atoms with Gasteiger partial charge in [0.25, 0.3) is 5.56 Å². The van der Waals surface area contributed by atoms with Gasteiger partial charge in [-0.1, -0.05) is 12.2 Å². The van der Waals surface area contributed by atoms with Gasteiger partial charge in [0.15, 0.2) is 11.2 Å². The number of hydrogen-bond donors (Lipinski definition) is 4. The van der Waals surface area contributed by atoms with Crippen LogP contribution < -0.4 is 16.8 Å². The number of thiol groups is 1. The number of ether oxygens (including phenoxy) is 1. The molecule has 1 aliphatic rings. The molecule has 0 radical (unpaired) electrons. The Morgan fingerprint density at radius 1 is 1.59 bits per heavy atom. The maximum atomic E-state index is 11.7. The molecule has 0 unspecified atom stereocenters. The van der Waals surface area contributed by atoms with Crippen molar-refractivity contribution in [3.8, 4) is 0 Å². The zero-order valence-electron chi connectivity index (χ0n) is 11.4. The second-order valence-corrected chi connectivity index (χ2v) is 7.98. The fourth-order valence-corrected chi connectivity index (χ4v) is 2.94. The summed E-state index contributed by atoms with van der Waals surface area (Å²) in [5, 5.41) is 0. The number of nitrogens with two attached hydrogens (primary N) is 2. The van der Waals surface area contributed by atoms with E-state index in [-0.39, 0.29) is 30.4 Å². The average molecular weight is 346 g/mol. The molecule has 0 spiro atoms. The number of aromatic amines is 1. The van der Waals surface area contributed by atoms with Crippen LogP contribution in [0, 0.1) is 0 Å². The zero-order chi connectivity index (χ0) is 15.9. The highest BCUT2D eigenvalue weighted by atomic mass is 32.7. The summed E-state index contributed by atoms with van der Waals surface area (Å²) in [6, 6.07) is 0. The topological polar surface area (TPSA) is 151 Å². The van der Waals surface area contributed by atoms with Gasteiger partial charge in [-0.15, -0.1) is 0 Å². The standard InChI is InChI=1S/C10H15N6O4PS/c11-10-14-8-7(9(17)15-10)13-4-16(8)6-2-1-5(20-6)3-19-21(12,18)22/h4-6H,1-3H2,(H3,12,18,22)(H3,11,14,15,17)/t5-,6+,21+/m0/s1. The maximum Gasteiger partial charge on any atom is 0.320 e. The van der Waals surface area contributed by atoms with Gasteiger partial charge in [-0.2, -0.15) is 4.98 Å². The minimum absolute atomic E-state index is 0.0104. The summed E-state index contributed by atoms with van der Waals surface area (Å²) in [7, 11) is 0. The molecule has 0 bridgehead atoms. The van der Waals surface area contributed by atoms with E-state index in [1.807, 2.05) is 0 Å². The van der Waals surface area contributed by atoms with E-state index in [2.05, 4.69) is 27.2 Å². The van der Waals surface area contributed by atoms with Gasteiger partial charge in [-0.3, -0.25) is 24.4 Å². The van der Waals surface area contributed by atoms with E-state index in [1.54, 1.807) is 4.57 Å². The number of rotatable bonds is 4. The van der Waals surface area contributed by atoms with Gasteiger partial charge in [-0.05, 0) is 12.8 Å². The largest absolute Gasteiger partial charge is 0.369 e. The molecular weight excluding hydrogens is 331 g/mol. The smallest absolute Gasteiger partial charge is 0.320 e. The predicted octanol–water partition coefficient (Wildman–Crippen LogP) is 0.393. The van der Waals surface area contributed by atoms with Gasteiger partial charge >= 0.3 is 6.72 Å². The maximum absolute atomic E-state index is 11.7. The summed E-state index contributed by atoms with van der Waals surface area (Å²) in [6.45, 7) is -3.25. The summed E-state index contributed by atoms with van der Waals surface area (Å²) in [6.07, 6.45) is 2.19. The van der Waals surface area contributed by atoms with Crippen molar-refractivity contribution in [2.24, 2.45) is 5.50 Å². The minimum atomic E-state index is -3.33. The third-order valence-corrected chi connectivity index (χ3v) is 4.16. The van der Waals surface area contributed by atoms with Crippen LogP contribution in [0.2, 0.25) is 0 Å². The lowest BCUT2D eigenvalue weighted by molar-refractivity contribution is -0.0149. The van der Waals surface area contributed by atoms with Crippen molar-refractivity contribution in [1.29, 1.82) is 0 Å². The Bertz CT molecular complexity index is 800. The first kappa shape index (κ1) is 15.5. The summed E-state index contributed by atoms with van der Waals surface area (Å²) >= 11 is 3.66. The van der Waals surface area contributed by atoms with Crippen molar-refractivity contribution < 1.29 is 13.8 Å². The molecule has 0 saturated carbocycles. The predicted molar refractivity (Wildman–Crippen MR) is 82.4 cm³/mol. The Morgan fingerprint density at radius 3 is 3.09 bits per heavy atom. The summed E-state index contributed by atoms with van der Waals surface area (Å²) in [4.78, 5) is 22.2. The zero-order valence-corrected chi connectivity index (χ0v) is 13.2. The highest BCUT2D eigenvalue weighted by molar-refractivity contribution is 8.45. The van der Waals surface area contributed by atoms with Gasteiger partial charge < -0.3 is 15.0 Å². The molecule has 2 aromatic heterocycles. The highest BCUT2D eigenvalue weighted by Gasteiger charge is 2.29. The van der Waals surface area contributed by atoms with Crippen molar-refractivity contribution in [2.75, 3.05) is 12.3 Å². The Labute approximate surface area is 129 Å². The number of fused-ring (bicyclic) bond motifs is 1. The molecule has 0 amide bonds. The third-order valence-electron chi connectivity index (χ3n) is 3.29. The van der Waals surface area contributed by atoms with Gasteiger partial charge in [0, 0.05) is 0 Å². The van der Waals surface area contributed by atoms with Gasteiger partial charge in [0.2, 0.25) is 5.95 Å². The lowest BCUT2D eigenvalue weighted by Crippen LogP contribution is -2.17. The van der Waals surface area contributed by atoms with Crippen LogP contribution in [0.3, 0.4) is 0 Å². The monoisotopic (exact) mass is 346 g/mol. The Kier molecular flexibility index (Phi) is 4.00. The van der Waals surface area contributed by atoms with Crippen molar-refractivity contribution in [2.45, 2.75) is 25.2 Å². The highest BCUT2D eigenvalue weighted by Crippen LogP contribution is 2.43. The second-order valence-electron chi connectivity index (χ2n) is 4.93. The van der Waals surface area contributed by atoms with Crippen LogP contribution in [0.15, 0.2) is 11.1 Å². The van der Waals surface area contributed by atoms with Gasteiger partial charge in [0.1, 0.15) is 6.23 Å². The molecule has 1 fully saturated rings. The number of nitrogen functional groups attached to an aromatic ring is 1. The van der Waals surface area contributed by atoms with Gasteiger partial charge in [0.05, 0.1) is 19.0 Å². The Hall–Kier alpha value is -1.39. The molecule has 5 N–H and O–H groups in total. The first-order chi connectivity index (χ1) is 10.3. The van der Waals surface area contributed by atoms with E-state index in [0.29, 0.717) is 18.5 Å². The molecule has 3 heterocycles. The van der Waals surface area contributed by atoms with Crippen LogP contribution in [-0.2, 0) is 13.8 Å². The molecule has 3 atom stereocenters. The first-order valence-corrected chi connectivity index (χ1v) is 9.32. The number of imidazole rings is 1. The molecule has 1 aliphatic heterocycles. The van der Waals surface area contributed by atoms with Crippen molar-refractivity contribution in [3.63, 3.8) is 0 Å². The summed E-state index contributed by atoms with van der Waals surface area (Å²) < 4.78 is 23.6. The third kappa shape index (κ3) is 3.18. The molecule has 0 aliphatic carbocycles. The van der Waals surface area contributed by atoms with E-state index in [9.17, 15) is 9.36 Å². The van der Waals surface area contributed by atoms with Crippen LogP contribution in [0.25, 0.3) is 11.2 Å². The average Bonchev–Trinajstić information content (AvgIpc) is 3.01. The lowest BCUT2D eigenvalue weighted by Gasteiger charge is -2.16. The quantitative estimate of drug-likeness (QED) is 0.458. The van der Waals surface area contributed by atoms with E-state index in [0.717, 1.165) is 0 Å². The molecule has 12 heteroatoms. The number of aromatic nitrogens is 4. The number of nitrogens with zero attached hydrogens (tertiary/aromatic N) is 3. The van der Waals surface area contributed by atoms with Crippen LogP contribution in [0.1, 0.15) is 19.1 Å². The van der Waals surface area contributed by atoms with Crippen LogP contribution in [0.5, 0.6) is 0 Å². The van der Waals surface area contributed by atoms with E-state index in [1.165, 1.54) is 6.33 Å². The van der Waals surface area contributed by atoms with Crippen LogP contribution >= 0.6 is 19.0 Å². The molecule has 3 rings (SSSR count). The molecule has 22 heavy (non-hydrogen) atoms. The summed E-state index contributed by atoms with van der Waals surface area (Å²) in [5.74, 6) is 0.0104. The SMILES string of the molecule is Nc1nc2c(ncn2[C@H]2CC[C@@H](CO[P@@](N)(=O)S)O2)c(=O)[nH]1. The lowest BCUT2D eigenvalue weighted by atomic mass is 10.2. The fraction of sp³-hybridized carbons (Fsp3) is 0.500. The number of nitrogens with one attached hydrogen (secondary N) is 1. The van der Waals surface area contributed by atoms with Crippen molar-refractivity contribution in [1.82, 2.24) is 19.5 Å². The van der Waals surface area contributed by atoms with E-state index < -0.39 is 12.3 Å². The van der Waals surface area contributed by atoms with Crippen molar-refractivity contribution in [3.05, 3.63) is 16.7 Å². The summed E-state index contributed by atoms with van der Waals surface area (Å²) in [5.41, 5.74) is 10.9. The van der Waals surface area contributed by atoms with E-state index >= 15 is 0 Å². The molecular formula is C10H15N6O4PS. The molecule has 1 saturated heterocycles. The number of H-pyrrole nitrogens is 1. The number of hydrogen-bond acceptors (Lipinski definition) is 7. The molecule has 2 aromatic rings. The second kappa shape index (κ2) is 5.67. The van der Waals surface area contributed by atoms with Crippen LogP contribution in [-0.4, -0.2) is 32.2 Å². The van der Waals surface area contributed by atoms with Gasteiger partial charge in [-0.25, -0.2) is 4.98 Å². The first-order valence-electron chi connectivity index (χ1n) is 6.47.